The first-order valence-electron chi connectivity index (χ1n) is 9.01. The van der Waals surface area contributed by atoms with E-state index in [9.17, 15) is 9.59 Å². The number of carbonyl (C=O) groups is 1. The van der Waals surface area contributed by atoms with Gasteiger partial charge in [0.1, 0.15) is 0 Å². The average Bonchev–Trinajstić information content (AvgIpc) is 3.32. The van der Waals surface area contributed by atoms with Crippen LogP contribution in [0, 0.1) is 0 Å². The van der Waals surface area contributed by atoms with Crippen molar-refractivity contribution in [1.82, 2.24) is 19.8 Å². The zero-order valence-electron chi connectivity index (χ0n) is 14.2. The molecule has 1 aromatic carbocycles. The standard InChI is InChI=1S/C18H24N4O3/c23-17(19-14-11-25-12-16(14)21-8-3-4-9-21)7-10-22-15-6-2-1-5-13(15)20-18(22)24/h1-2,5-6,14,16H,3-4,7-12H2,(H,19,23)(H,20,24)/t14-,16-/m0/s1. The molecule has 2 fully saturated rings. The summed E-state index contributed by atoms with van der Waals surface area (Å²) in [5.74, 6) is -0.0307. The number of carbonyl (C=O) groups excluding carboxylic acids is 1. The van der Waals surface area contributed by atoms with E-state index in [1.54, 1.807) is 4.57 Å². The molecule has 0 unspecified atom stereocenters. The Morgan fingerprint density at radius 1 is 1.24 bits per heavy atom. The summed E-state index contributed by atoms with van der Waals surface area (Å²) in [6.07, 6.45) is 2.73. The van der Waals surface area contributed by atoms with Crippen molar-refractivity contribution in [2.24, 2.45) is 0 Å². The zero-order valence-corrected chi connectivity index (χ0v) is 14.2. The van der Waals surface area contributed by atoms with Gasteiger partial charge < -0.3 is 15.0 Å². The minimum absolute atomic E-state index is 0.0307. The van der Waals surface area contributed by atoms with Crippen molar-refractivity contribution in [3.05, 3.63) is 34.7 Å². The molecule has 2 aliphatic heterocycles. The van der Waals surface area contributed by atoms with Gasteiger partial charge in [0.2, 0.25) is 5.91 Å². The normalized spacial score (nSPS) is 24.2. The Morgan fingerprint density at radius 3 is 2.88 bits per heavy atom. The highest BCUT2D eigenvalue weighted by Gasteiger charge is 2.35. The lowest BCUT2D eigenvalue weighted by atomic mass is 10.1. The maximum atomic E-state index is 12.4. The first kappa shape index (κ1) is 16.4. The number of aromatic amines is 1. The molecule has 0 radical (unpaired) electrons. The van der Waals surface area contributed by atoms with Gasteiger partial charge in [0.05, 0.1) is 36.3 Å². The molecular weight excluding hydrogens is 320 g/mol. The van der Waals surface area contributed by atoms with Crippen LogP contribution in [0.1, 0.15) is 19.3 Å². The van der Waals surface area contributed by atoms with E-state index in [0.717, 1.165) is 24.1 Å². The number of hydrogen-bond acceptors (Lipinski definition) is 4. The predicted molar refractivity (Wildman–Crippen MR) is 94.5 cm³/mol. The van der Waals surface area contributed by atoms with Crippen LogP contribution in [-0.2, 0) is 16.1 Å². The number of hydrogen-bond donors (Lipinski definition) is 2. The van der Waals surface area contributed by atoms with Gasteiger partial charge in [0.15, 0.2) is 0 Å². The third-order valence-corrected chi connectivity index (χ3v) is 5.25. The second-order valence-electron chi connectivity index (χ2n) is 6.87. The molecule has 25 heavy (non-hydrogen) atoms. The molecule has 7 nitrogen and oxygen atoms in total. The average molecular weight is 344 g/mol. The molecule has 0 bridgehead atoms. The molecular formula is C18H24N4O3. The number of imidazole rings is 1. The van der Waals surface area contributed by atoms with Crippen LogP contribution in [0.4, 0.5) is 0 Å². The summed E-state index contributed by atoms with van der Waals surface area (Å²) < 4.78 is 7.22. The molecule has 2 saturated heterocycles. The van der Waals surface area contributed by atoms with Crippen molar-refractivity contribution in [2.45, 2.75) is 37.9 Å². The van der Waals surface area contributed by atoms with Crippen LogP contribution in [0.25, 0.3) is 11.0 Å². The predicted octanol–water partition coefficient (Wildman–Crippen LogP) is 0.699. The van der Waals surface area contributed by atoms with Crippen molar-refractivity contribution >= 4 is 16.9 Å². The number of rotatable bonds is 5. The smallest absolute Gasteiger partial charge is 0.326 e. The van der Waals surface area contributed by atoms with Gasteiger partial charge in [-0.3, -0.25) is 14.3 Å². The summed E-state index contributed by atoms with van der Waals surface area (Å²) in [5.41, 5.74) is 1.46. The summed E-state index contributed by atoms with van der Waals surface area (Å²) in [6, 6.07) is 7.85. The van der Waals surface area contributed by atoms with Crippen molar-refractivity contribution < 1.29 is 9.53 Å². The molecule has 2 atom stereocenters. The Bertz CT molecular complexity index is 806. The van der Waals surface area contributed by atoms with Crippen LogP contribution in [-0.4, -0.2) is 58.7 Å². The Hall–Kier alpha value is -2.12. The summed E-state index contributed by atoms with van der Waals surface area (Å²) in [7, 11) is 0. The number of nitrogens with one attached hydrogen (secondary N) is 2. The monoisotopic (exact) mass is 344 g/mol. The van der Waals surface area contributed by atoms with Crippen LogP contribution in [0.5, 0.6) is 0 Å². The summed E-state index contributed by atoms with van der Waals surface area (Å²) in [4.78, 5) is 29.7. The molecule has 4 rings (SSSR count). The second-order valence-corrected chi connectivity index (χ2v) is 6.87. The molecule has 0 saturated carbocycles. The number of H-pyrrole nitrogens is 1. The summed E-state index contributed by atoms with van der Waals surface area (Å²) >= 11 is 0. The van der Waals surface area contributed by atoms with Crippen molar-refractivity contribution in [3.8, 4) is 0 Å². The number of nitrogens with zero attached hydrogens (tertiary/aromatic N) is 2. The third-order valence-electron chi connectivity index (χ3n) is 5.25. The molecule has 134 valence electrons. The molecule has 1 aromatic heterocycles. The van der Waals surface area contributed by atoms with E-state index in [0.29, 0.717) is 19.8 Å². The summed E-state index contributed by atoms with van der Waals surface area (Å²) in [5, 5.41) is 3.10. The molecule has 3 heterocycles. The second kappa shape index (κ2) is 7.01. The molecule has 2 aromatic rings. The van der Waals surface area contributed by atoms with Gasteiger partial charge in [-0.05, 0) is 38.1 Å². The van der Waals surface area contributed by atoms with E-state index in [4.69, 9.17) is 4.74 Å². The third kappa shape index (κ3) is 3.34. The first-order chi connectivity index (χ1) is 12.2. The van der Waals surface area contributed by atoms with Gasteiger partial charge >= 0.3 is 5.69 Å². The molecule has 2 aliphatic rings. The minimum Gasteiger partial charge on any atom is -0.378 e. The van der Waals surface area contributed by atoms with Gasteiger partial charge in [-0.25, -0.2) is 4.79 Å². The van der Waals surface area contributed by atoms with Crippen molar-refractivity contribution in [2.75, 3.05) is 26.3 Å². The molecule has 7 heteroatoms. The number of benzene rings is 1. The fourth-order valence-electron chi connectivity index (χ4n) is 3.94. The van der Waals surface area contributed by atoms with Crippen LogP contribution < -0.4 is 11.0 Å². The SMILES string of the molecule is O=C(CCn1c(=O)[nH]c2ccccc21)N[C@H]1COC[C@@H]1N1CCCC1. The van der Waals surface area contributed by atoms with Gasteiger partial charge in [0, 0.05) is 13.0 Å². The fraction of sp³-hybridized carbons (Fsp3) is 0.556. The maximum absolute atomic E-state index is 12.4. The minimum atomic E-state index is -0.173. The molecule has 0 spiro atoms. The Morgan fingerprint density at radius 2 is 2.04 bits per heavy atom. The molecule has 2 N–H and O–H groups in total. The quantitative estimate of drug-likeness (QED) is 0.837. The lowest BCUT2D eigenvalue weighted by molar-refractivity contribution is -0.122. The van der Waals surface area contributed by atoms with Gasteiger partial charge in [0.25, 0.3) is 0 Å². The largest absolute Gasteiger partial charge is 0.378 e. The van der Waals surface area contributed by atoms with Crippen LogP contribution in [0.2, 0.25) is 0 Å². The number of aromatic nitrogens is 2. The zero-order chi connectivity index (χ0) is 17.2. The number of ether oxygens (including phenoxy) is 1. The van der Waals surface area contributed by atoms with Gasteiger partial charge in [-0.1, -0.05) is 12.1 Å². The Kier molecular flexibility index (Phi) is 4.59. The lowest BCUT2D eigenvalue weighted by Gasteiger charge is -2.27. The topological polar surface area (TPSA) is 79.4 Å². The van der Waals surface area contributed by atoms with Gasteiger partial charge in [-0.2, -0.15) is 0 Å². The van der Waals surface area contributed by atoms with E-state index < -0.39 is 0 Å². The van der Waals surface area contributed by atoms with Crippen molar-refractivity contribution in [1.29, 1.82) is 0 Å². The van der Waals surface area contributed by atoms with E-state index in [2.05, 4.69) is 15.2 Å². The number of para-hydroxylation sites is 2. The Labute approximate surface area is 146 Å². The number of fused-ring (bicyclic) bond motifs is 1. The van der Waals surface area contributed by atoms with E-state index in [1.165, 1.54) is 12.8 Å². The van der Waals surface area contributed by atoms with Crippen LogP contribution >= 0.6 is 0 Å². The number of aryl methyl sites for hydroxylation is 1. The summed E-state index contributed by atoms with van der Waals surface area (Å²) in [6.45, 7) is 3.81. The van der Waals surface area contributed by atoms with E-state index in [-0.39, 0.29) is 30.1 Å². The highest BCUT2D eigenvalue weighted by atomic mass is 16.5. The highest BCUT2D eigenvalue weighted by Crippen LogP contribution is 2.19. The highest BCUT2D eigenvalue weighted by molar-refractivity contribution is 5.77. The first-order valence-corrected chi connectivity index (χ1v) is 9.01. The van der Waals surface area contributed by atoms with E-state index in [1.807, 2.05) is 24.3 Å². The van der Waals surface area contributed by atoms with Crippen LogP contribution in [0.3, 0.4) is 0 Å². The Balaban J connectivity index is 1.37. The lowest BCUT2D eigenvalue weighted by Crippen LogP contribution is -2.50. The molecule has 1 amide bonds. The van der Waals surface area contributed by atoms with E-state index >= 15 is 0 Å². The maximum Gasteiger partial charge on any atom is 0.326 e. The fourth-order valence-corrected chi connectivity index (χ4v) is 3.94. The van der Waals surface area contributed by atoms with Gasteiger partial charge in [-0.15, -0.1) is 0 Å². The number of amides is 1. The van der Waals surface area contributed by atoms with Crippen molar-refractivity contribution in [3.63, 3.8) is 0 Å². The van der Waals surface area contributed by atoms with Crippen LogP contribution in [0.15, 0.2) is 29.1 Å². The molecule has 0 aliphatic carbocycles. The number of likely N-dealkylation sites (tertiary alicyclic amines) is 1.